The smallest absolute Gasteiger partial charge is 0.307 e. The third kappa shape index (κ3) is 2.46. The molecular formula is C13H15NO3. The van der Waals surface area contributed by atoms with Gasteiger partial charge >= 0.3 is 5.97 Å². The number of aromatic nitrogens is 1. The molecule has 0 aliphatic heterocycles. The van der Waals surface area contributed by atoms with Crippen molar-refractivity contribution in [2.24, 2.45) is 0 Å². The highest BCUT2D eigenvalue weighted by Gasteiger charge is 2.20. The first kappa shape index (κ1) is 11.6. The second-order valence-electron chi connectivity index (χ2n) is 5.14. The number of hydrogen-bond acceptors (Lipinski definition) is 3. The Labute approximate surface area is 99.3 Å². The average molecular weight is 233 g/mol. The van der Waals surface area contributed by atoms with Gasteiger partial charge in [0.2, 0.25) is 5.89 Å². The fraction of sp³-hybridized carbons (Fsp3) is 0.385. The zero-order chi connectivity index (χ0) is 12.6. The van der Waals surface area contributed by atoms with E-state index in [1.165, 1.54) is 0 Å². The molecule has 0 bridgehead atoms. The van der Waals surface area contributed by atoms with Gasteiger partial charge in [0.1, 0.15) is 5.52 Å². The third-order valence-electron chi connectivity index (χ3n) is 2.45. The highest BCUT2D eigenvalue weighted by molar-refractivity contribution is 5.77. The summed E-state index contributed by atoms with van der Waals surface area (Å²) in [5.41, 5.74) is 2.00. The second kappa shape index (κ2) is 3.87. The quantitative estimate of drug-likeness (QED) is 0.866. The van der Waals surface area contributed by atoms with Gasteiger partial charge in [-0.2, -0.15) is 0 Å². The lowest BCUT2D eigenvalue weighted by molar-refractivity contribution is -0.136. The number of fused-ring (bicyclic) bond motifs is 1. The average Bonchev–Trinajstić information content (AvgIpc) is 2.58. The summed E-state index contributed by atoms with van der Waals surface area (Å²) in [4.78, 5) is 15.0. The van der Waals surface area contributed by atoms with E-state index in [0.29, 0.717) is 17.0 Å². The predicted molar refractivity (Wildman–Crippen MR) is 64.0 cm³/mol. The van der Waals surface area contributed by atoms with Crippen molar-refractivity contribution in [1.29, 1.82) is 0 Å². The fourth-order valence-corrected chi connectivity index (χ4v) is 1.58. The lowest BCUT2D eigenvalue weighted by Gasteiger charge is -2.11. The number of carbonyl (C=O) groups is 1. The molecule has 0 amide bonds. The molecule has 0 aliphatic rings. The molecule has 1 aromatic carbocycles. The summed E-state index contributed by atoms with van der Waals surface area (Å²) >= 11 is 0. The van der Waals surface area contributed by atoms with Crippen molar-refractivity contribution in [2.45, 2.75) is 32.6 Å². The Kier molecular flexibility index (Phi) is 2.65. The predicted octanol–water partition coefficient (Wildman–Crippen LogP) is 2.75. The van der Waals surface area contributed by atoms with Crippen LogP contribution in [0.2, 0.25) is 0 Å². The van der Waals surface area contributed by atoms with Crippen LogP contribution in [-0.4, -0.2) is 16.1 Å². The fourth-order valence-electron chi connectivity index (χ4n) is 1.58. The van der Waals surface area contributed by atoms with Crippen LogP contribution in [0.4, 0.5) is 0 Å². The van der Waals surface area contributed by atoms with Crippen LogP contribution >= 0.6 is 0 Å². The van der Waals surface area contributed by atoms with Crippen molar-refractivity contribution in [1.82, 2.24) is 4.98 Å². The maximum Gasteiger partial charge on any atom is 0.307 e. The Bertz CT molecular complexity index is 564. The summed E-state index contributed by atoms with van der Waals surface area (Å²) in [6, 6.07) is 5.30. The van der Waals surface area contributed by atoms with E-state index in [1.54, 1.807) is 18.2 Å². The Morgan fingerprint density at radius 2 is 2.12 bits per heavy atom. The van der Waals surface area contributed by atoms with Gasteiger partial charge in [-0.3, -0.25) is 4.79 Å². The van der Waals surface area contributed by atoms with Crippen LogP contribution in [0.1, 0.15) is 32.2 Å². The van der Waals surface area contributed by atoms with E-state index in [9.17, 15) is 4.79 Å². The number of carboxylic acids is 1. The molecule has 0 atom stereocenters. The molecule has 4 nitrogen and oxygen atoms in total. The summed E-state index contributed by atoms with van der Waals surface area (Å²) < 4.78 is 5.63. The van der Waals surface area contributed by atoms with E-state index in [4.69, 9.17) is 9.52 Å². The van der Waals surface area contributed by atoms with Gasteiger partial charge < -0.3 is 9.52 Å². The van der Waals surface area contributed by atoms with Crippen molar-refractivity contribution < 1.29 is 14.3 Å². The number of oxazole rings is 1. The molecule has 0 saturated heterocycles. The number of benzene rings is 1. The third-order valence-corrected chi connectivity index (χ3v) is 2.45. The van der Waals surface area contributed by atoms with Crippen LogP contribution < -0.4 is 0 Å². The molecule has 2 rings (SSSR count). The molecule has 0 fully saturated rings. The van der Waals surface area contributed by atoms with Crippen LogP contribution in [0.15, 0.2) is 22.6 Å². The molecule has 0 saturated carbocycles. The molecule has 1 aromatic heterocycles. The van der Waals surface area contributed by atoms with Gasteiger partial charge in [0.25, 0.3) is 0 Å². The van der Waals surface area contributed by atoms with Crippen LogP contribution in [0.5, 0.6) is 0 Å². The minimum Gasteiger partial charge on any atom is -0.481 e. The van der Waals surface area contributed by atoms with E-state index in [-0.39, 0.29) is 11.8 Å². The summed E-state index contributed by atoms with van der Waals surface area (Å²) in [5.74, 6) is -0.177. The van der Waals surface area contributed by atoms with Gasteiger partial charge in [-0.15, -0.1) is 0 Å². The second-order valence-corrected chi connectivity index (χ2v) is 5.14. The van der Waals surface area contributed by atoms with E-state index in [0.717, 1.165) is 5.56 Å². The van der Waals surface area contributed by atoms with E-state index >= 15 is 0 Å². The largest absolute Gasteiger partial charge is 0.481 e. The van der Waals surface area contributed by atoms with E-state index in [1.807, 2.05) is 20.8 Å². The van der Waals surface area contributed by atoms with E-state index in [2.05, 4.69) is 4.98 Å². The standard InChI is InChI=1S/C13H15NO3/c1-13(2,3)12-14-9-6-8(7-11(15)16)4-5-10(9)17-12/h4-6H,7H2,1-3H3,(H,15,16). The number of aliphatic carboxylic acids is 1. The molecule has 4 heteroatoms. The van der Waals surface area contributed by atoms with Gasteiger partial charge in [-0.25, -0.2) is 4.98 Å². The maximum absolute atomic E-state index is 10.6. The number of rotatable bonds is 2. The lowest BCUT2D eigenvalue weighted by Crippen LogP contribution is -2.10. The summed E-state index contributed by atoms with van der Waals surface area (Å²) in [5, 5.41) is 8.73. The van der Waals surface area contributed by atoms with Gasteiger partial charge in [-0.05, 0) is 17.7 Å². The van der Waals surface area contributed by atoms with Crippen molar-refractivity contribution in [3.8, 4) is 0 Å². The molecule has 17 heavy (non-hydrogen) atoms. The molecule has 2 aromatic rings. The Morgan fingerprint density at radius 1 is 1.41 bits per heavy atom. The van der Waals surface area contributed by atoms with Gasteiger partial charge in [0.05, 0.1) is 6.42 Å². The number of hydrogen-bond donors (Lipinski definition) is 1. The molecular weight excluding hydrogens is 218 g/mol. The van der Waals surface area contributed by atoms with Crippen LogP contribution in [-0.2, 0) is 16.6 Å². The Morgan fingerprint density at radius 3 is 2.71 bits per heavy atom. The first-order chi connectivity index (χ1) is 7.86. The molecule has 90 valence electrons. The zero-order valence-corrected chi connectivity index (χ0v) is 10.2. The van der Waals surface area contributed by atoms with Gasteiger partial charge in [0.15, 0.2) is 5.58 Å². The monoisotopic (exact) mass is 233 g/mol. The van der Waals surface area contributed by atoms with Gasteiger partial charge in [-0.1, -0.05) is 26.8 Å². The molecule has 0 unspecified atom stereocenters. The molecule has 1 heterocycles. The Balaban J connectivity index is 2.44. The molecule has 0 aliphatic carbocycles. The maximum atomic E-state index is 10.6. The number of carboxylic acid groups (broad SMARTS) is 1. The van der Waals surface area contributed by atoms with Crippen molar-refractivity contribution >= 4 is 17.1 Å². The van der Waals surface area contributed by atoms with Crippen LogP contribution in [0.3, 0.4) is 0 Å². The summed E-state index contributed by atoms with van der Waals surface area (Å²) in [7, 11) is 0. The highest BCUT2D eigenvalue weighted by Crippen LogP contribution is 2.26. The van der Waals surface area contributed by atoms with Crippen LogP contribution in [0, 0.1) is 0 Å². The van der Waals surface area contributed by atoms with Crippen molar-refractivity contribution in [2.75, 3.05) is 0 Å². The van der Waals surface area contributed by atoms with E-state index < -0.39 is 5.97 Å². The van der Waals surface area contributed by atoms with Crippen molar-refractivity contribution in [3.63, 3.8) is 0 Å². The first-order valence-electron chi connectivity index (χ1n) is 5.48. The van der Waals surface area contributed by atoms with Crippen molar-refractivity contribution in [3.05, 3.63) is 29.7 Å². The molecule has 1 N–H and O–H groups in total. The lowest BCUT2D eigenvalue weighted by atomic mass is 9.97. The highest BCUT2D eigenvalue weighted by atomic mass is 16.4. The van der Waals surface area contributed by atoms with Crippen LogP contribution in [0.25, 0.3) is 11.1 Å². The molecule has 0 spiro atoms. The minimum atomic E-state index is -0.844. The SMILES string of the molecule is CC(C)(C)c1nc2cc(CC(=O)O)ccc2o1. The first-order valence-corrected chi connectivity index (χ1v) is 5.48. The van der Waals surface area contributed by atoms with Gasteiger partial charge in [0, 0.05) is 5.41 Å². The summed E-state index contributed by atoms with van der Waals surface area (Å²) in [6.45, 7) is 6.07. The number of nitrogens with zero attached hydrogens (tertiary/aromatic N) is 1. The zero-order valence-electron chi connectivity index (χ0n) is 10.2. The minimum absolute atomic E-state index is 0.00759. The summed E-state index contributed by atoms with van der Waals surface area (Å²) in [6.07, 6.45) is 0.00759. The molecule has 0 radical (unpaired) electrons. The Hall–Kier alpha value is -1.84. The topological polar surface area (TPSA) is 63.3 Å². The normalized spacial score (nSPS) is 11.9.